The van der Waals surface area contributed by atoms with Crippen molar-refractivity contribution in [3.8, 4) is 0 Å². The topological polar surface area (TPSA) is 228 Å². The molecule has 1 fully saturated rings. The van der Waals surface area contributed by atoms with Crippen molar-refractivity contribution in [3.63, 3.8) is 0 Å². The number of hydrogen-bond donors (Lipinski definition) is 8. The van der Waals surface area contributed by atoms with Gasteiger partial charge in [-0.1, -0.05) is 0 Å². The number of rotatable bonds is 10. The van der Waals surface area contributed by atoms with Gasteiger partial charge in [0, 0.05) is 19.2 Å². The van der Waals surface area contributed by atoms with Crippen LogP contribution in [0, 0.1) is 0 Å². The lowest BCUT2D eigenvalue weighted by atomic mass is 9.86. The van der Waals surface area contributed by atoms with Crippen LogP contribution < -0.4 is 5.32 Å². The van der Waals surface area contributed by atoms with E-state index in [9.17, 15) is 40.2 Å². The van der Waals surface area contributed by atoms with Crippen LogP contribution in [-0.4, -0.2) is 129 Å². The normalized spacial score (nSPS) is 35.5. The van der Waals surface area contributed by atoms with E-state index in [1.165, 1.54) is 20.1 Å². The van der Waals surface area contributed by atoms with E-state index >= 15 is 0 Å². The molecule has 0 radical (unpaired) electrons. The molecule has 8 N–H and O–H groups in total. The SMILES string of the molecule is CO[C@H]1C(N[C@@H](C(=O)O)[C@@H](C)O)=C[C@](O)(CO[C@H]2OC[C@H](O)[C@@H](O)[C@@H]2O)CC1=NCC(=O)O. The van der Waals surface area contributed by atoms with Crippen molar-refractivity contribution < 1.29 is 59.5 Å². The third kappa shape index (κ3) is 6.91. The van der Waals surface area contributed by atoms with Gasteiger partial charge in [-0.2, -0.15) is 0 Å². The molecule has 1 aliphatic heterocycles. The summed E-state index contributed by atoms with van der Waals surface area (Å²) in [5.41, 5.74) is -1.83. The fourth-order valence-corrected chi connectivity index (χ4v) is 3.50. The molecular weight excluding hydrogens is 448 g/mol. The Morgan fingerprint density at radius 3 is 2.52 bits per heavy atom. The molecule has 1 heterocycles. The summed E-state index contributed by atoms with van der Waals surface area (Å²) in [6.07, 6.45) is -7.32. The Morgan fingerprint density at radius 2 is 1.97 bits per heavy atom. The standard InChI is InChI=1S/C19H30N2O12/c1-8(22)13(17(28)29)21-10-4-19(30,3-9(16(10)31-2)20-5-12(24)25)7-33-18-15(27)14(26)11(23)6-32-18/h4,8,11,13-16,18,21-23,26-27,30H,3,5-7H2,1-2H3,(H,24,25)(H,28,29)/t8-,11+,13-,14-,15+,16-,18-,19+/m1/s1. The molecule has 1 saturated heterocycles. The van der Waals surface area contributed by atoms with E-state index in [0.29, 0.717) is 0 Å². The maximum Gasteiger partial charge on any atom is 0.328 e. The largest absolute Gasteiger partial charge is 0.480 e. The first kappa shape index (κ1) is 27.1. The Labute approximate surface area is 188 Å². The van der Waals surface area contributed by atoms with Crippen LogP contribution >= 0.6 is 0 Å². The molecule has 14 heteroatoms. The number of aliphatic hydroxyl groups excluding tert-OH is 4. The first-order valence-electron chi connectivity index (χ1n) is 10.1. The second kappa shape index (κ2) is 11.3. The lowest BCUT2D eigenvalue weighted by Gasteiger charge is -2.39. The molecule has 188 valence electrons. The summed E-state index contributed by atoms with van der Waals surface area (Å²) >= 11 is 0. The quantitative estimate of drug-likeness (QED) is 0.152. The van der Waals surface area contributed by atoms with E-state index in [-0.39, 0.29) is 24.4 Å². The Hall–Kier alpha value is -2.17. The molecular formula is C19H30N2O12. The average Bonchev–Trinajstić information content (AvgIpc) is 2.73. The van der Waals surface area contributed by atoms with Gasteiger partial charge in [0.2, 0.25) is 0 Å². The first-order valence-corrected chi connectivity index (χ1v) is 10.1. The minimum Gasteiger partial charge on any atom is -0.480 e. The van der Waals surface area contributed by atoms with Gasteiger partial charge in [-0.05, 0) is 13.0 Å². The second-order valence-corrected chi connectivity index (χ2v) is 7.96. The molecule has 1 aliphatic carbocycles. The van der Waals surface area contributed by atoms with Gasteiger partial charge >= 0.3 is 11.9 Å². The average molecular weight is 478 g/mol. The number of aliphatic imine (C=N–C) groups is 1. The van der Waals surface area contributed by atoms with Gasteiger partial charge in [0.1, 0.15) is 36.6 Å². The minimum atomic E-state index is -1.89. The number of aliphatic hydroxyl groups is 5. The second-order valence-electron chi connectivity index (χ2n) is 7.96. The maximum atomic E-state index is 11.5. The van der Waals surface area contributed by atoms with E-state index in [1.54, 1.807) is 0 Å². The number of aliphatic carboxylic acids is 2. The van der Waals surface area contributed by atoms with Gasteiger partial charge in [0.25, 0.3) is 0 Å². The molecule has 2 rings (SSSR count). The third-order valence-corrected chi connectivity index (χ3v) is 5.17. The number of ether oxygens (including phenoxy) is 3. The van der Waals surface area contributed by atoms with Gasteiger partial charge in [0.15, 0.2) is 12.3 Å². The van der Waals surface area contributed by atoms with E-state index in [4.69, 9.17) is 19.3 Å². The fraction of sp³-hybridized carbons (Fsp3) is 0.737. The monoisotopic (exact) mass is 478 g/mol. The van der Waals surface area contributed by atoms with Gasteiger partial charge in [0.05, 0.1) is 25.0 Å². The lowest BCUT2D eigenvalue weighted by molar-refractivity contribution is -0.277. The number of methoxy groups -OCH3 is 1. The zero-order valence-electron chi connectivity index (χ0n) is 18.1. The van der Waals surface area contributed by atoms with Gasteiger partial charge < -0.3 is 55.3 Å². The molecule has 0 amide bonds. The predicted molar refractivity (Wildman–Crippen MR) is 108 cm³/mol. The van der Waals surface area contributed by atoms with E-state index in [1.807, 2.05) is 0 Å². The van der Waals surface area contributed by atoms with Crippen LogP contribution in [0.3, 0.4) is 0 Å². The van der Waals surface area contributed by atoms with Crippen molar-refractivity contribution in [2.45, 2.75) is 61.8 Å². The van der Waals surface area contributed by atoms with Crippen LogP contribution in [0.4, 0.5) is 0 Å². The number of nitrogens with one attached hydrogen (secondary N) is 1. The van der Waals surface area contributed by atoms with Crippen molar-refractivity contribution in [1.82, 2.24) is 5.32 Å². The molecule has 33 heavy (non-hydrogen) atoms. The smallest absolute Gasteiger partial charge is 0.328 e. The van der Waals surface area contributed by atoms with Crippen LogP contribution in [0.25, 0.3) is 0 Å². The highest BCUT2D eigenvalue weighted by Crippen LogP contribution is 2.29. The summed E-state index contributed by atoms with van der Waals surface area (Å²) in [7, 11) is 1.27. The van der Waals surface area contributed by atoms with Crippen LogP contribution in [-0.2, 0) is 23.8 Å². The molecule has 0 bridgehead atoms. The van der Waals surface area contributed by atoms with Crippen LogP contribution in [0.1, 0.15) is 13.3 Å². The number of carboxylic acids is 2. The molecule has 2 aliphatic rings. The van der Waals surface area contributed by atoms with E-state index in [0.717, 1.165) is 0 Å². The molecule has 0 aromatic rings. The summed E-state index contributed by atoms with van der Waals surface area (Å²) in [6.45, 7) is -0.270. The summed E-state index contributed by atoms with van der Waals surface area (Å²) in [5, 5.41) is 71.2. The van der Waals surface area contributed by atoms with Gasteiger partial charge in [-0.25, -0.2) is 4.79 Å². The number of carbonyl (C=O) groups is 2. The number of hydrogen-bond acceptors (Lipinski definition) is 12. The Kier molecular flexibility index (Phi) is 9.28. The summed E-state index contributed by atoms with van der Waals surface area (Å²) < 4.78 is 15.9. The lowest BCUT2D eigenvalue weighted by Crippen LogP contribution is -2.56. The fourth-order valence-electron chi connectivity index (χ4n) is 3.50. The maximum absolute atomic E-state index is 11.5. The van der Waals surface area contributed by atoms with E-state index < -0.39 is 73.5 Å². The van der Waals surface area contributed by atoms with E-state index in [2.05, 4.69) is 10.3 Å². The van der Waals surface area contributed by atoms with Crippen molar-refractivity contribution in [1.29, 1.82) is 0 Å². The molecule has 0 unspecified atom stereocenters. The van der Waals surface area contributed by atoms with Crippen LogP contribution in [0.15, 0.2) is 16.8 Å². The number of nitrogens with zero attached hydrogens (tertiary/aromatic N) is 1. The van der Waals surface area contributed by atoms with Crippen LogP contribution in [0.5, 0.6) is 0 Å². The van der Waals surface area contributed by atoms with Crippen molar-refractivity contribution >= 4 is 17.7 Å². The molecule has 0 saturated carbocycles. The highest BCUT2D eigenvalue weighted by atomic mass is 16.7. The van der Waals surface area contributed by atoms with Crippen LogP contribution in [0.2, 0.25) is 0 Å². The molecule has 0 spiro atoms. The summed E-state index contributed by atoms with van der Waals surface area (Å²) in [5.74, 6) is -2.64. The van der Waals surface area contributed by atoms with Crippen molar-refractivity contribution in [2.75, 3.05) is 26.9 Å². The Balaban J connectivity index is 2.32. The zero-order chi connectivity index (χ0) is 24.9. The molecule has 0 aromatic heterocycles. The number of carboxylic acid groups (broad SMARTS) is 2. The molecule has 8 atom stereocenters. The first-order chi connectivity index (χ1) is 15.4. The highest BCUT2D eigenvalue weighted by Gasteiger charge is 2.43. The Morgan fingerprint density at radius 1 is 1.30 bits per heavy atom. The van der Waals surface area contributed by atoms with Crippen molar-refractivity contribution in [3.05, 3.63) is 11.8 Å². The predicted octanol–water partition coefficient (Wildman–Crippen LogP) is -3.58. The third-order valence-electron chi connectivity index (χ3n) is 5.17. The Bertz CT molecular complexity index is 772. The summed E-state index contributed by atoms with van der Waals surface area (Å²) in [6, 6.07) is -1.49. The minimum absolute atomic E-state index is 0.00661. The summed E-state index contributed by atoms with van der Waals surface area (Å²) in [4.78, 5) is 26.5. The zero-order valence-corrected chi connectivity index (χ0v) is 18.1. The van der Waals surface area contributed by atoms with Gasteiger partial charge in [-0.15, -0.1) is 0 Å². The molecule has 14 nitrogen and oxygen atoms in total. The molecule has 0 aromatic carbocycles. The van der Waals surface area contributed by atoms with Crippen molar-refractivity contribution in [2.24, 2.45) is 4.99 Å². The highest BCUT2D eigenvalue weighted by molar-refractivity contribution is 5.95. The van der Waals surface area contributed by atoms with Gasteiger partial charge in [-0.3, -0.25) is 9.79 Å².